The third kappa shape index (κ3) is 5.92. The molecule has 0 radical (unpaired) electrons. The van der Waals surface area contributed by atoms with E-state index in [1.165, 1.54) is 149 Å². The smallest absolute Gasteiger partial charge is 0.0212 e. The molecule has 0 amide bonds. The van der Waals surface area contributed by atoms with Crippen LogP contribution in [0, 0.1) is 11.8 Å². The molecule has 0 heterocycles. The van der Waals surface area contributed by atoms with E-state index in [0.717, 1.165) is 12.8 Å². The molecule has 0 heteroatoms. The van der Waals surface area contributed by atoms with Gasteiger partial charge in [0.15, 0.2) is 0 Å². The molecular weight excluding hydrogens is 889 g/mol. The van der Waals surface area contributed by atoms with Crippen molar-refractivity contribution in [2.75, 3.05) is 0 Å². The van der Waals surface area contributed by atoms with Crippen LogP contribution in [-0.2, 0) is 21.7 Å². The van der Waals surface area contributed by atoms with Crippen LogP contribution in [0.1, 0.15) is 140 Å². The van der Waals surface area contributed by atoms with E-state index >= 15 is 0 Å². The Balaban J connectivity index is 1.12. The van der Waals surface area contributed by atoms with Gasteiger partial charge in [0.25, 0.3) is 0 Å². The minimum Gasteiger partial charge on any atom is -0.0616 e. The molecule has 7 aliphatic rings. The highest BCUT2D eigenvalue weighted by molar-refractivity contribution is 6.24. The second kappa shape index (κ2) is 14.4. The highest BCUT2D eigenvalue weighted by atomic mass is 14.5. The van der Waals surface area contributed by atoms with Crippen LogP contribution in [-0.4, -0.2) is 0 Å². The first-order valence-corrected chi connectivity index (χ1v) is 27.6. The summed E-state index contributed by atoms with van der Waals surface area (Å²) in [7, 11) is 0. The largest absolute Gasteiger partial charge is 0.0616 e. The average molecular weight is 955 g/mol. The van der Waals surface area contributed by atoms with E-state index in [2.05, 4.69) is 229 Å². The minimum atomic E-state index is -0.0488. The highest BCUT2D eigenvalue weighted by Gasteiger charge is 2.49. The van der Waals surface area contributed by atoms with Crippen molar-refractivity contribution in [1.82, 2.24) is 0 Å². The van der Waals surface area contributed by atoms with E-state index < -0.39 is 0 Å². The highest BCUT2D eigenvalue weighted by Crippen LogP contribution is 2.65. The maximum absolute atomic E-state index is 2.64. The van der Waals surface area contributed by atoms with Crippen molar-refractivity contribution in [3.63, 3.8) is 0 Å². The zero-order chi connectivity index (χ0) is 50.9. The van der Waals surface area contributed by atoms with E-state index in [0.29, 0.717) is 0 Å². The molecule has 0 aromatic heterocycles. The van der Waals surface area contributed by atoms with Crippen molar-refractivity contribution in [3.05, 3.63) is 206 Å². The van der Waals surface area contributed by atoms with Crippen molar-refractivity contribution in [2.45, 2.75) is 118 Å². The topological polar surface area (TPSA) is 0 Å². The van der Waals surface area contributed by atoms with E-state index in [1.54, 1.807) is 16.7 Å². The van der Waals surface area contributed by atoms with Crippen LogP contribution in [0.3, 0.4) is 0 Å². The quantitative estimate of drug-likeness (QED) is 0.162. The van der Waals surface area contributed by atoms with E-state index in [-0.39, 0.29) is 33.5 Å². The number of allylic oxidation sites excluding steroid dienone is 8. The van der Waals surface area contributed by atoms with Gasteiger partial charge >= 0.3 is 0 Å². The molecule has 8 aromatic rings. The lowest BCUT2D eigenvalue weighted by Crippen LogP contribution is -2.41. The van der Waals surface area contributed by atoms with E-state index in [4.69, 9.17) is 0 Å². The summed E-state index contributed by atoms with van der Waals surface area (Å²) in [6.45, 7) is 28.7. The summed E-state index contributed by atoms with van der Waals surface area (Å²) in [5.74, 6) is 0.432. The molecule has 0 aliphatic heterocycles. The standard InChI is InChI=1S/C74H66/c1-71(2,3)42-31-40(32-43(35-42)72(4,5)6)63-60-37-58-48-21-15-17-39-18-16-22-49(62(39)48)59(58)38-61(60)64(41-33-44(73(7,8)9)36-45(34-41)74(10,11)12)70-57-30-28-55-53-26-24-51-47-20-14-13-19-46(47)50-23-25-52(66(53)65(50)51)54-27-29-56(69(63)70)68(57)67(54)55/h13-23,25,27-38,67-68H,24,26H2,1-12H3. The first-order chi connectivity index (χ1) is 35.2. The van der Waals surface area contributed by atoms with Crippen molar-refractivity contribution in [3.8, 4) is 55.6 Å². The van der Waals surface area contributed by atoms with Crippen LogP contribution in [0.25, 0.3) is 105 Å². The van der Waals surface area contributed by atoms with Crippen molar-refractivity contribution < 1.29 is 0 Å². The van der Waals surface area contributed by atoms with Crippen molar-refractivity contribution in [1.29, 1.82) is 0 Å². The van der Waals surface area contributed by atoms with Crippen LogP contribution in [0.4, 0.5) is 0 Å². The zero-order valence-corrected chi connectivity index (χ0v) is 45.4. The molecule has 0 saturated heterocycles. The first-order valence-electron chi connectivity index (χ1n) is 27.6. The predicted octanol–water partition coefficient (Wildman–Crippen LogP) is 18.4. The van der Waals surface area contributed by atoms with Gasteiger partial charge in [-0.05, 0) is 212 Å². The van der Waals surface area contributed by atoms with Crippen LogP contribution in [0.15, 0.2) is 151 Å². The fourth-order valence-electron chi connectivity index (χ4n) is 14.8. The maximum atomic E-state index is 2.64. The monoisotopic (exact) mass is 955 g/mol. The second-order valence-corrected chi connectivity index (χ2v) is 27.1. The SMILES string of the molecule is CC(C)(C)c1cc(-c2c3c(c(-c4cc(C(C)(C)C)cc(C(C)(C)C)c4)c4cc5c(cc24)-c2cccc4cccc-5c24)C2=CC=C4c5ccc6c7c5=C(CCC=7c5ccccc5-6)C5=CC=C3C2C54)cc(C(C)(C)C)c1. The van der Waals surface area contributed by atoms with Crippen LogP contribution in [0.2, 0.25) is 0 Å². The van der Waals surface area contributed by atoms with Gasteiger partial charge in [-0.3, -0.25) is 0 Å². The van der Waals surface area contributed by atoms with Crippen LogP contribution < -0.4 is 10.4 Å². The molecule has 7 aliphatic carbocycles. The molecule has 2 unspecified atom stereocenters. The molecule has 0 spiro atoms. The number of hydrogen-bond donors (Lipinski definition) is 0. The molecule has 0 saturated carbocycles. The summed E-state index contributed by atoms with van der Waals surface area (Å²) in [6.07, 6.45) is 12.6. The summed E-state index contributed by atoms with van der Waals surface area (Å²) in [4.78, 5) is 0. The molecule has 2 atom stereocenters. The van der Waals surface area contributed by atoms with Crippen LogP contribution in [0.5, 0.6) is 0 Å². The normalized spacial score (nSPS) is 18.4. The molecule has 362 valence electrons. The Morgan fingerprint density at radius 1 is 0.324 bits per heavy atom. The second-order valence-electron chi connectivity index (χ2n) is 27.1. The van der Waals surface area contributed by atoms with Crippen molar-refractivity contribution in [2.24, 2.45) is 11.8 Å². The van der Waals surface area contributed by atoms with Crippen LogP contribution >= 0.6 is 0 Å². The van der Waals surface area contributed by atoms with Gasteiger partial charge < -0.3 is 0 Å². The molecule has 74 heavy (non-hydrogen) atoms. The lowest BCUT2D eigenvalue weighted by atomic mass is 9.62. The number of rotatable bonds is 2. The maximum Gasteiger partial charge on any atom is 0.0212 e. The third-order valence-electron chi connectivity index (χ3n) is 18.6. The summed E-state index contributed by atoms with van der Waals surface area (Å²) in [6, 6.07) is 48.6. The number of fused-ring (bicyclic) bond motifs is 12. The minimum absolute atomic E-state index is 0.0488. The molecule has 0 bridgehead atoms. The molecule has 0 fully saturated rings. The Bertz CT molecular complexity index is 4180. The molecule has 0 nitrogen and oxygen atoms in total. The van der Waals surface area contributed by atoms with E-state index in [9.17, 15) is 0 Å². The van der Waals surface area contributed by atoms with Gasteiger partial charge in [0, 0.05) is 11.8 Å². The molecule has 15 rings (SSSR count). The number of hydrogen-bond acceptors (Lipinski definition) is 0. The Labute approximate surface area is 438 Å². The van der Waals surface area contributed by atoms with Crippen molar-refractivity contribution >= 4 is 49.4 Å². The average Bonchev–Trinajstić information content (AvgIpc) is 4.01. The fraction of sp³-hybridized carbons (Fsp3) is 0.270. The lowest BCUT2D eigenvalue weighted by molar-refractivity contribution is 0.568. The Kier molecular flexibility index (Phi) is 8.67. The summed E-state index contributed by atoms with van der Waals surface area (Å²) < 4.78 is 0. The summed E-state index contributed by atoms with van der Waals surface area (Å²) in [5, 5.41) is 8.41. The Morgan fingerprint density at radius 2 is 0.743 bits per heavy atom. The molecule has 8 aromatic carbocycles. The van der Waals surface area contributed by atoms with E-state index in [1.807, 2.05) is 0 Å². The zero-order valence-electron chi connectivity index (χ0n) is 45.4. The predicted molar refractivity (Wildman–Crippen MR) is 317 cm³/mol. The Morgan fingerprint density at radius 3 is 1.26 bits per heavy atom. The van der Waals surface area contributed by atoms with Gasteiger partial charge in [-0.25, -0.2) is 0 Å². The third-order valence-corrected chi connectivity index (χ3v) is 18.6. The first kappa shape index (κ1) is 44.5. The van der Waals surface area contributed by atoms with Gasteiger partial charge in [-0.2, -0.15) is 0 Å². The molecule has 0 N–H and O–H groups in total. The fourth-order valence-corrected chi connectivity index (χ4v) is 14.8. The van der Waals surface area contributed by atoms with Gasteiger partial charge in [0.2, 0.25) is 0 Å². The Hall–Kier alpha value is -7.02. The molecular formula is C74H66. The summed E-state index contributed by atoms with van der Waals surface area (Å²) in [5.41, 5.74) is 33.9. The van der Waals surface area contributed by atoms with Gasteiger partial charge in [-0.15, -0.1) is 0 Å². The van der Waals surface area contributed by atoms with Gasteiger partial charge in [-0.1, -0.05) is 217 Å². The number of benzene rings is 8. The van der Waals surface area contributed by atoms with Gasteiger partial charge in [0.1, 0.15) is 0 Å². The van der Waals surface area contributed by atoms with Gasteiger partial charge in [0.05, 0.1) is 0 Å². The summed E-state index contributed by atoms with van der Waals surface area (Å²) >= 11 is 0. The lowest BCUT2D eigenvalue weighted by Gasteiger charge is -2.41.